The van der Waals surface area contributed by atoms with Crippen molar-refractivity contribution in [1.29, 1.82) is 0 Å². The van der Waals surface area contributed by atoms with Crippen LogP contribution in [-0.4, -0.2) is 19.8 Å². The Morgan fingerprint density at radius 3 is 2.30 bits per heavy atom. The highest BCUT2D eigenvalue weighted by atomic mass is 16.5. The van der Waals surface area contributed by atoms with Crippen LogP contribution in [0.15, 0.2) is 48.5 Å². The summed E-state index contributed by atoms with van der Waals surface area (Å²) in [4.78, 5) is 0. The second-order valence-electron chi connectivity index (χ2n) is 4.70. The van der Waals surface area contributed by atoms with Crippen LogP contribution < -0.4 is 15.2 Å². The fourth-order valence-corrected chi connectivity index (χ4v) is 1.91. The molecule has 2 rings (SSSR count). The SMILES string of the molecule is Cc1ccc(OCCOc2cccc(CCN)c2)cc1. The molecule has 0 aliphatic carbocycles. The van der Waals surface area contributed by atoms with Crippen molar-refractivity contribution in [2.45, 2.75) is 13.3 Å². The van der Waals surface area contributed by atoms with E-state index in [2.05, 4.69) is 13.0 Å². The number of benzene rings is 2. The molecule has 0 aliphatic rings. The van der Waals surface area contributed by atoms with Crippen LogP contribution in [0.4, 0.5) is 0 Å². The van der Waals surface area contributed by atoms with E-state index in [1.165, 1.54) is 11.1 Å². The van der Waals surface area contributed by atoms with E-state index in [0.717, 1.165) is 17.9 Å². The highest BCUT2D eigenvalue weighted by molar-refractivity contribution is 5.29. The largest absolute Gasteiger partial charge is 0.490 e. The second-order valence-corrected chi connectivity index (χ2v) is 4.70. The lowest BCUT2D eigenvalue weighted by molar-refractivity contribution is 0.217. The molecule has 2 aromatic rings. The van der Waals surface area contributed by atoms with Gasteiger partial charge in [0.15, 0.2) is 0 Å². The molecule has 0 bridgehead atoms. The molecule has 0 aromatic heterocycles. The Kier molecular flexibility index (Phi) is 5.44. The first-order valence-electron chi connectivity index (χ1n) is 6.89. The van der Waals surface area contributed by atoms with E-state index in [1.54, 1.807) is 0 Å². The van der Waals surface area contributed by atoms with Gasteiger partial charge in [-0.05, 0) is 49.7 Å². The van der Waals surface area contributed by atoms with E-state index in [1.807, 2.05) is 42.5 Å². The summed E-state index contributed by atoms with van der Waals surface area (Å²) in [5, 5.41) is 0. The molecule has 0 fully saturated rings. The zero-order chi connectivity index (χ0) is 14.2. The van der Waals surface area contributed by atoms with Gasteiger partial charge in [0.05, 0.1) is 0 Å². The molecule has 0 unspecified atom stereocenters. The van der Waals surface area contributed by atoms with Crippen molar-refractivity contribution in [2.75, 3.05) is 19.8 Å². The maximum absolute atomic E-state index is 5.67. The van der Waals surface area contributed by atoms with Crippen LogP contribution in [-0.2, 0) is 6.42 Å². The van der Waals surface area contributed by atoms with Crippen LogP contribution in [0.3, 0.4) is 0 Å². The van der Waals surface area contributed by atoms with E-state index in [0.29, 0.717) is 19.8 Å². The van der Waals surface area contributed by atoms with Crippen molar-refractivity contribution in [2.24, 2.45) is 5.73 Å². The van der Waals surface area contributed by atoms with Crippen molar-refractivity contribution in [1.82, 2.24) is 0 Å². The minimum Gasteiger partial charge on any atom is -0.490 e. The third-order valence-corrected chi connectivity index (χ3v) is 2.97. The van der Waals surface area contributed by atoms with Gasteiger partial charge in [0.25, 0.3) is 0 Å². The molecule has 0 saturated heterocycles. The van der Waals surface area contributed by atoms with Crippen molar-refractivity contribution in [3.63, 3.8) is 0 Å². The maximum atomic E-state index is 5.67. The van der Waals surface area contributed by atoms with Gasteiger partial charge in [0, 0.05) is 0 Å². The normalized spacial score (nSPS) is 10.3. The molecular formula is C17H21NO2. The average Bonchev–Trinajstić information content (AvgIpc) is 2.46. The van der Waals surface area contributed by atoms with E-state index < -0.39 is 0 Å². The molecule has 0 radical (unpaired) electrons. The Morgan fingerprint density at radius 1 is 0.900 bits per heavy atom. The van der Waals surface area contributed by atoms with E-state index in [-0.39, 0.29) is 0 Å². The third-order valence-electron chi connectivity index (χ3n) is 2.97. The molecule has 0 heterocycles. The predicted octanol–water partition coefficient (Wildman–Crippen LogP) is 2.95. The quantitative estimate of drug-likeness (QED) is 0.787. The van der Waals surface area contributed by atoms with E-state index in [4.69, 9.17) is 15.2 Å². The van der Waals surface area contributed by atoms with Gasteiger partial charge < -0.3 is 15.2 Å². The van der Waals surface area contributed by atoms with Crippen molar-refractivity contribution in [3.8, 4) is 11.5 Å². The number of hydrogen-bond acceptors (Lipinski definition) is 3. The molecule has 0 amide bonds. The van der Waals surface area contributed by atoms with E-state index in [9.17, 15) is 0 Å². The lowest BCUT2D eigenvalue weighted by Gasteiger charge is -2.09. The number of hydrogen-bond donors (Lipinski definition) is 1. The Morgan fingerprint density at radius 2 is 1.60 bits per heavy atom. The summed E-state index contributed by atoms with van der Waals surface area (Å²) in [5.74, 6) is 1.74. The summed E-state index contributed by atoms with van der Waals surface area (Å²) in [7, 11) is 0. The van der Waals surface area contributed by atoms with Gasteiger partial charge in [-0.3, -0.25) is 0 Å². The summed E-state index contributed by atoms with van der Waals surface area (Å²) in [5.41, 5.74) is 7.97. The first kappa shape index (κ1) is 14.4. The number of rotatable bonds is 7. The van der Waals surface area contributed by atoms with Gasteiger partial charge in [0.1, 0.15) is 24.7 Å². The molecule has 2 aromatic carbocycles. The zero-order valence-corrected chi connectivity index (χ0v) is 11.8. The molecular weight excluding hydrogens is 250 g/mol. The van der Waals surface area contributed by atoms with Crippen LogP contribution in [0, 0.1) is 6.92 Å². The third kappa shape index (κ3) is 4.59. The lowest BCUT2D eigenvalue weighted by Crippen LogP contribution is -2.09. The van der Waals surface area contributed by atoms with Gasteiger partial charge in [-0.1, -0.05) is 29.8 Å². The van der Waals surface area contributed by atoms with Gasteiger partial charge in [-0.2, -0.15) is 0 Å². The second kappa shape index (κ2) is 7.56. The first-order chi connectivity index (χ1) is 9.78. The molecule has 3 nitrogen and oxygen atoms in total. The fraction of sp³-hybridized carbons (Fsp3) is 0.294. The topological polar surface area (TPSA) is 44.5 Å². The smallest absolute Gasteiger partial charge is 0.122 e. The summed E-state index contributed by atoms with van der Waals surface area (Å²) in [6.45, 7) is 3.77. The number of nitrogens with two attached hydrogens (primary N) is 1. The molecule has 106 valence electrons. The summed E-state index contributed by atoms with van der Waals surface area (Å²) >= 11 is 0. The summed E-state index contributed by atoms with van der Waals surface area (Å²) in [6.07, 6.45) is 0.872. The summed E-state index contributed by atoms with van der Waals surface area (Å²) in [6, 6.07) is 16.0. The maximum Gasteiger partial charge on any atom is 0.122 e. The first-order valence-corrected chi connectivity index (χ1v) is 6.89. The van der Waals surface area contributed by atoms with Crippen LogP contribution >= 0.6 is 0 Å². The minimum atomic E-state index is 0.528. The van der Waals surface area contributed by atoms with Gasteiger partial charge in [-0.15, -0.1) is 0 Å². The fourth-order valence-electron chi connectivity index (χ4n) is 1.91. The zero-order valence-electron chi connectivity index (χ0n) is 11.8. The Labute approximate surface area is 120 Å². The molecule has 0 saturated carbocycles. The Balaban J connectivity index is 1.75. The number of ether oxygens (including phenoxy) is 2. The monoisotopic (exact) mass is 271 g/mol. The minimum absolute atomic E-state index is 0.528. The van der Waals surface area contributed by atoms with E-state index >= 15 is 0 Å². The van der Waals surface area contributed by atoms with Crippen LogP contribution in [0.5, 0.6) is 11.5 Å². The molecule has 20 heavy (non-hydrogen) atoms. The standard InChI is InChI=1S/C17H21NO2/c1-14-5-7-16(8-6-14)19-11-12-20-17-4-2-3-15(13-17)9-10-18/h2-8,13H,9-12,18H2,1H3. The number of aryl methyl sites for hydroxylation is 1. The van der Waals surface area contributed by atoms with Crippen LogP contribution in [0.1, 0.15) is 11.1 Å². The molecule has 3 heteroatoms. The predicted molar refractivity (Wildman–Crippen MR) is 81.4 cm³/mol. The van der Waals surface area contributed by atoms with Crippen LogP contribution in [0.2, 0.25) is 0 Å². The lowest BCUT2D eigenvalue weighted by atomic mass is 10.1. The van der Waals surface area contributed by atoms with Gasteiger partial charge in [-0.25, -0.2) is 0 Å². The molecule has 2 N–H and O–H groups in total. The summed E-state index contributed by atoms with van der Waals surface area (Å²) < 4.78 is 11.3. The Bertz CT molecular complexity index is 523. The highest BCUT2D eigenvalue weighted by Crippen LogP contribution is 2.14. The van der Waals surface area contributed by atoms with Gasteiger partial charge >= 0.3 is 0 Å². The van der Waals surface area contributed by atoms with Crippen molar-refractivity contribution in [3.05, 3.63) is 59.7 Å². The Hall–Kier alpha value is -2.00. The molecule has 0 spiro atoms. The molecule has 0 aliphatic heterocycles. The average molecular weight is 271 g/mol. The highest BCUT2D eigenvalue weighted by Gasteiger charge is 1.98. The van der Waals surface area contributed by atoms with Crippen molar-refractivity contribution < 1.29 is 9.47 Å². The van der Waals surface area contributed by atoms with Crippen molar-refractivity contribution >= 4 is 0 Å². The molecule has 0 atom stereocenters. The van der Waals surface area contributed by atoms with Gasteiger partial charge in [0.2, 0.25) is 0 Å². The van der Waals surface area contributed by atoms with Crippen LogP contribution in [0.25, 0.3) is 0 Å².